The second-order valence-electron chi connectivity index (χ2n) is 4.68. The molecule has 0 spiro atoms. The van der Waals surface area contributed by atoms with Gasteiger partial charge in [-0.1, -0.05) is 17.8 Å². The van der Waals surface area contributed by atoms with E-state index in [4.69, 9.17) is 10.1 Å². The Morgan fingerprint density at radius 3 is 2.95 bits per heavy atom. The number of methoxy groups -OCH3 is 1. The molecule has 2 saturated heterocycles. The number of sulfone groups is 1. The first-order chi connectivity index (χ1) is 9.00. The summed E-state index contributed by atoms with van der Waals surface area (Å²) < 4.78 is 28.6. The van der Waals surface area contributed by atoms with Crippen molar-refractivity contribution in [2.75, 3.05) is 23.5 Å². The van der Waals surface area contributed by atoms with Gasteiger partial charge < -0.3 is 9.64 Å². The molecule has 1 N–H and O–H groups in total. The predicted molar refractivity (Wildman–Crippen MR) is 77.0 cm³/mol. The molecule has 0 saturated carbocycles. The van der Waals surface area contributed by atoms with Crippen molar-refractivity contribution in [3.63, 3.8) is 0 Å². The average molecular weight is 298 g/mol. The van der Waals surface area contributed by atoms with Crippen LogP contribution in [0.15, 0.2) is 24.3 Å². The maximum Gasteiger partial charge on any atom is 0.161 e. The fraction of sp³-hybridized carbons (Fsp3) is 0.417. The molecule has 2 aliphatic rings. The smallest absolute Gasteiger partial charge is 0.161 e. The van der Waals surface area contributed by atoms with E-state index >= 15 is 0 Å². The predicted octanol–water partition coefficient (Wildman–Crippen LogP) is 1.35. The number of thioether (sulfide) groups is 1. The molecule has 1 aromatic rings. The number of amidine groups is 1. The number of rotatable bonds is 2. The molecule has 3 rings (SSSR count). The van der Waals surface area contributed by atoms with E-state index in [1.807, 2.05) is 29.2 Å². The van der Waals surface area contributed by atoms with E-state index in [-0.39, 0.29) is 22.8 Å². The lowest BCUT2D eigenvalue weighted by Crippen LogP contribution is -2.37. The highest BCUT2D eigenvalue weighted by Crippen LogP contribution is 2.40. The maximum atomic E-state index is 11.7. The molecule has 5 nitrogen and oxygen atoms in total. The number of anilines is 1. The van der Waals surface area contributed by atoms with E-state index in [2.05, 4.69) is 0 Å². The zero-order chi connectivity index (χ0) is 13.6. The number of nitrogens with zero attached hydrogens (tertiary/aromatic N) is 1. The number of hydrogen-bond acceptors (Lipinski definition) is 5. The third-order valence-corrected chi connectivity index (χ3v) is 6.55. The molecule has 1 aromatic carbocycles. The van der Waals surface area contributed by atoms with Crippen LogP contribution in [0.1, 0.15) is 0 Å². The van der Waals surface area contributed by atoms with Gasteiger partial charge in [0.2, 0.25) is 0 Å². The zero-order valence-corrected chi connectivity index (χ0v) is 12.0. The molecule has 0 aromatic heterocycles. The summed E-state index contributed by atoms with van der Waals surface area (Å²) in [6.07, 6.45) is 0. The van der Waals surface area contributed by atoms with Gasteiger partial charge in [-0.05, 0) is 12.1 Å². The first kappa shape index (κ1) is 12.8. The molecule has 0 amide bonds. The van der Waals surface area contributed by atoms with Crippen LogP contribution in [0.25, 0.3) is 0 Å². The van der Waals surface area contributed by atoms with E-state index < -0.39 is 9.84 Å². The van der Waals surface area contributed by atoms with Crippen LogP contribution in [0.2, 0.25) is 0 Å². The molecular weight excluding hydrogens is 284 g/mol. The van der Waals surface area contributed by atoms with Crippen LogP contribution in [0.3, 0.4) is 0 Å². The Morgan fingerprint density at radius 1 is 1.42 bits per heavy atom. The van der Waals surface area contributed by atoms with Gasteiger partial charge in [0.1, 0.15) is 5.75 Å². The van der Waals surface area contributed by atoms with Gasteiger partial charge >= 0.3 is 0 Å². The summed E-state index contributed by atoms with van der Waals surface area (Å²) in [6.45, 7) is 0. The van der Waals surface area contributed by atoms with Gasteiger partial charge in [0, 0.05) is 17.0 Å². The van der Waals surface area contributed by atoms with Gasteiger partial charge in [0.15, 0.2) is 15.0 Å². The van der Waals surface area contributed by atoms with Gasteiger partial charge in [-0.3, -0.25) is 5.41 Å². The lowest BCUT2D eigenvalue weighted by Gasteiger charge is -2.24. The van der Waals surface area contributed by atoms with Crippen molar-refractivity contribution in [1.29, 1.82) is 5.41 Å². The van der Waals surface area contributed by atoms with Crippen LogP contribution in [-0.2, 0) is 9.84 Å². The first-order valence-corrected chi connectivity index (χ1v) is 8.59. The molecule has 2 atom stereocenters. The molecular formula is C12H14N2O3S2. The highest BCUT2D eigenvalue weighted by molar-refractivity contribution is 8.15. The molecule has 102 valence electrons. The van der Waals surface area contributed by atoms with Crippen molar-refractivity contribution in [3.05, 3.63) is 24.3 Å². The van der Waals surface area contributed by atoms with Crippen LogP contribution >= 0.6 is 11.8 Å². The maximum absolute atomic E-state index is 11.7. The third-order valence-electron chi connectivity index (χ3n) is 3.42. The van der Waals surface area contributed by atoms with E-state index in [0.717, 1.165) is 5.69 Å². The quantitative estimate of drug-likeness (QED) is 0.892. The minimum absolute atomic E-state index is 0.0244. The summed E-state index contributed by atoms with van der Waals surface area (Å²) in [5.41, 5.74) is 0.821. The van der Waals surface area contributed by atoms with Crippen molar-refractivity contribution < 1.29 is 13.2 Å². The minimum atomic E-state index is -2.98. The summed E-state index contributed by atoms with van der Waals surface area (Å²) in [6, 6.07) is 7.27. The normalized spacial score (nSPS) is 28.5. The molecule has 2 fully saturated rings. The highest BCUT2D eigenvalue weighted by Gasteiger charge is 2.48. The zero-order valence-electron chi connectivity index (χ0n) is 10.4. The Hall–Kier alpha value is -1.21. The van der Waals surface area contributed by atoms with Gasteiger partial charge in [0.05, 0.1) is 24.7 Å². The highest BCUT2D eigenvalue weighted by atomic mass is 32.2. The lowest BCUT2D eigenvalue weighted by molar-refractivity contribution is 0.415. The van der Waals surface area contributed by atoms with Crippen molar-refractivity contribution in [2.45, 2.75) is 11.3 Å². The fourth-order valence-corrected chi connectivity index (χ4v) is 6.36. The summed E-state index contributed by atoms with van der Waals surface area (Å²) in [5, 5.41) is 8.44. The van der Waals surface area contributed by atoms with E-state index in [1.165, 1.54) is 11.8 Å². The Balaban J connectivity index is 1.97. The Kier molecular flexibility index (Phi) is 2.98. The molecule has 19 heavy (non-hydrogen) atoms. The Bertz CT molecular complexity index is 630. The number of nitrogens with one attached hydrogen (secondary N) is 1. The molecule has 0 radical (unpaired) electrons. The van der Waals surface area contributed by atoms with Gasteiger partial charge in [-0.25, -0.2) is 8.42 Å². The number of benzene rings is 1. The summed E-state index contributed by atoms with van der Waals surface area (Å²) in [7, 11) is -1.39. The number of fused-ring (bicyclic) bond motifs is 1. The number of ether oxygens (including phenoxy) is 1. The molecule has 2 aliphatic heterocycles. The van der Waals surface area contributed by atoms with Gasteiger partial charge in [-0.15, -0.1) is 0 Å². The van der Waals surface area contributed by atoms with Gasteiger partial charge in [0.25, 0.3) is 0 Å². The summed E-state index contributed by atoms with van der Waals surface area (Å²) >= 11 is 1.34. The molecule has 7 heteroatoms. The Morgan fingerprint density at radius 2 is 2.21 bits per heavy atom. The van der Waals surface area contributed by atoms with Crippen LogP contribution < -0.4 is 9.64 Å². The van der Waals surface area contributed by atoms with Crippen LogP contribution in [0.5, 0.6) is 5.75 Å². The first-order valence-electron chi connectivity index (χ1n) is 5.89. The van der Waals surface area contributed by atoms with E-state index in [0.29, 0.717) is 10.9 Å². The molecule has 2 heterocycles. The van der Waals surface area contributed by atoms with Crippen molar-refractivity contribution in [3.8, 4) is 5.75 Å². The summed E-state index contributed by atoms with van der Waals surface area (Å²) in [5.74, 6) is 1.01. The minimum Gasteiger partial charge on any atom is -0.497 e. The topological polar surface area (TPSA) is 70.5 Å². The fourth-order valence-electron chi connectivity index (χ4n) is 2.57. The van der Waals surface area contributed by atoms with E-state index in [9.17, 15) is 8.42 Å². The van der Waals surface area contributed by atoms with Gasteiger partial charge in [-0.2, -0.15) is 0 Å². The average Bonchev–Trinajstić information content (AvgIpc) is 2.79. The van der Waals surface area contributed by atoms with Crippen molar-refractivity contribution in [1.82, 2.24) is 0 Å². The van der Waals surface area contributed by atoms with Crippen LogP contribution in [0.4, 0.5) is 5.69 Å². The van der Waals surface area contributed by atoms with Crippen molar-refractivity contribution in [2.24, 2.45) is 0 Å². The monoisotopic (exact) mass is 298 g/mol. The molecule has 0 unspecified atom stereocenters. The van der Waals surface area contributed by atoms with Crippen LogP contribution in [0, 0.1) is 5.41 Å². The Labute approximate surface area is 116 Å². The van der Waals surface area contributed by atoms with Crippen molar-refractivity contribution >= 4 is 32.5 Å². The standard InChI is InChI=1S/C12H14N2O3S2/c1-17-9-4-2-3-8(5-9)14-10-6-19(15,16)7-11(10)18-12(14)13/h2-5,10-11,13H,6-7H2,1H3/t10-,11+/m0/s1. The molecule has 0 aliphatic carbocycles. The summed E-state index contributed by atoms with van der Waals surface area (Å²) in [4.78, 5) is 1.81. The molecule has 0 bridgehead atoms. The second-order valence-corrected chi connectivity index (χ2v) is 8.06. The second kappa shape index (κ2) is 4.42. The third kappa shape index (κ3) is 2.21. The van der Waals surface area contributed by atoms with E-state index in [1.54, 1.807) is 7.11 Å². The SMILES string of the molecule is COc1cccc(N2C(=N)S[C@@H]3CS(=O)(=O)C[C@@H]32)c1. The largest absolute Gasteiger partial charge is 0.497 e. The number of hydrogen-bond donors (Lipinski definition) is 1. The van der Waals surface area contributed by atoms with Crippen LogP contribution in [-0.4, -0.2) is 43.5 Å². The lowest BCUT2D eigenvalue weighted by atomic mass is 10.2.